The van der Waals surface area contributed by atoms with Gasteiger partial charge in [-0.15, -0.1) is 10.2 Å². The van der Waals surface area contributed by atoms with Crippen molar-refractivity contribution >= 4 is 17.5 Å². The van der Waals surface area contributed by atoms with Gasteiger partial charge in [0.2, 0.25) is 6.79 Å². The van der Waals surface area contributed by atoms with Crippen molar-refractivity contribution in [2.45, 2.75) is 32.9 Å². The molecule has 0 N–H and O–H groups in total. The van der Waals surface area contributed by atoms with Crippen LogP contribution in [0.25, 0.3) is 11.4 Å². The Hall–Kier alpha value is -3.52. The summed E-state index contributed by atoms with van der Waals surface area (Å²) in [4.78, 5) is 13.2. The van der Waals surface area contributed by atoms with Gasteiger partial charge in [0.1, 0.15) is 5.82 Å². The van der Waals surface area contributed by atoms with Gasteiger partial charge in [0.25, 0.3) is 0 Å². The van der Waals surface area contributed by atoms with Crippen LogP contribution in [0, 0.1) is 27.7 Å². The van der Waals surface area contributed by atoms with Crippen molar-refractivity contribution < 1.29 is 14.3 Å². The van der Waals surface area contributed by atoms with Crippen LogP contribution in [-0.4, -0.2) is 37.7 Å². The SMILES string of the molecule is Cc1cccc(-n2c(C)nnc2SCC(=O)c2cc(C)n(-c3ccc4c(c3)OCO4)c2C)c1. The summed E-state index contributed by atoms with van der Waals surface area (Å²) in [7, 11) is 0. The number of fused-ring (bicyclic) bond motifs is 1. The number of carbonyl (C=O) groups is 1. The topological polar surface area (TPSA) is 71.2 Å². The van der Waals surface area contributed by atoms with Crippen molar-refractivity contribution in [1.29, 1.82) is 0 Å². The van der Waals surface area contributed by atoms with E-state index in [1.807, 2.05) is 61.7 Å². The molecule has 0 bridgehead atoms. The van der Waals surface area contributed by atoms with Crippen LogP contribution < -0.4 is 9.47 Å². The number of thioether (sulfide) groups is 1. The monoisotopic (exact) mass is 460 g/mol. The molecule has 0 fully saturated rings. The average molecular weight is 461 g/mol. The number of aromatic nitrogens is 4. The molecule has 0 atom stereocenters. The molecular weight excluding hydrogens is 436 g/mol. The highest BCUT2D eigenvalue weighted by molar-refractivity contribution is 7.99. The summed E-state index contributed by atoms with van der Waals surface area (Å²) >= 11 is 1.40. The minimum absolute atomic E-state index is 0.0524. The second-order valence-corrected chi connectivity index (χ2v) is 9.02. The molecule has 0 amide bonds. The summed E-state index contributed by atoms with van der Waals surface area (Å²) in [6.45, 7) is 8.17. The summed E-state index contributed by atoms with van der Waals surface area (Å²) in [5.74, 6) is 2.57. The number of carbonyl (C=O) groups excluding carboxylic acids is 1. The maximum Gasteiger partial charge on any atom is 0.231 e. The third kappa shape index (κ3) is 3.91. The number of Topliss-reactive ketones (excluding diaryl/α,β-unsaturated/α-hetero) is 1. The molecule has 7 nitrogen and oxygen atoms in total. The summed E-state index contributed by atoms with van der Waals surface area (Å²) < 4.78 is 15.0. The third-order valence-electron chi connectivity index (χ3n) is 5.73. The first-order valence-electron chi connectivity index (χ1n) is 10.7. The molecule has 2 aromatic carbocycles. The molecule has 0 saturated carbocycles. The van der Waals surface area contributed by atoms with Gasteiger partial charge in [-0.2, -0.15) is 0 Å². The molecule has 1 aliphatic rings. The van der Waals surface area contributed by atoms with E-state index in [4.69, 9.17) is 9.47 Å². The number of ketones is 1. The van der Waals surface area contributed by atoms with Gasteiger partial charge in [0.15, 0.2) is 22.4 Å². The highest BCUT2D eigenvalue weighted by Gasteiger charge is 2.21. The lowest BCUT2D eigenvalue weighted by atomic mass is 10.2. The van der Waals surface area contributed by atoms with Crippen LogP contribution in [0.5, 0.6) is 11.5 Å². The van der Waals surface area contributed by atoms with E-state index in [2.05, 4.69) is 33.8 Å². The Morgan fingerprint density at radius 2 is 1.73 bits per heavy atom. The van der Waals surface area contributed by atoms with Crippen LogP contribution in [0.2, 0.25) is 0 Å². The van der Waals surface area contributed by atoms with E-state index < -0.39 is 0 Å². The van der Waals surface area contributed by atoms with Crippen LogP contribution in [0.3, 0.4) is 0 Å². The summed E-state index contributed by atoms with van der Waals surface area (Å²) in [6.07, 6.45) is 0. The average Bonchev–Trinajstić information content (AvgIpc) is 3.48. The van der Waals surface area contributed by atoms with Gasteiger partial charge in [-0.1, -0.05) is 23.9 Å². The maximum atomic E-state index is 13.2. The fraction of sp³-hybridized carbons (Fsp3) is 0.240. The molecule has 5 rings (SSSR count). The molecule has 4 aromatic rings. The number of rotatable bonds is 6. The van der Waals surface area contributed by atoms with Gasteiger partial charge in [-0.05, 0) is 63.6 Å². The van der Waals surface area contributed by atoms with Crippen molar-refractivity contribution in [2.24, 2.45) is 0 Å². The smallest absolute Gasteiger partial charge is 0.231 e. The Kier molecular flexibility index (Phi) is 5.46. The fourth-order valence-corrected chi connectivity index (χ4v) is 5.06. The molecule has 8 heteroatoms. The number of nitrogens with zero attached hydrogens (tertiary/aromatic N) is 4. The number of benzene rings is 2. The Bertz CT molecular complexity index is 1370. The molecule has 0 aliphatic carbocycles. The van der Waals surface area contributed by atoms with Gasteiger partial charge in [-0.3, -0.25) is 9.36 Å². The van der Waals surface area contributed by atoms with Crippen molar-refractivity contribution in [1.82, 2.24) is 19.3 Å². The van der Waals surface area contributed by atoms with Gasteiger partial charge in [0.05, 0.1) is 5.75 Å². The first-order valence-corrected chi connectivity index (χ1v) is 11.6. The quantitative estimate of drug-likeness (QED) is 0.298. The summed E-state index contributed by atoms with van der Waals surface area (Å²) in [5.41, 5.74) is 5.68. The van der Waals surface area contributed by atoms with E-state index in [0.717, 1.165) is 39.9 Å². The first-order chi connectivity index (χ1) is 15.9. The van der Waals surface area contributed by atoms with E-state index in [1.54, 1.807) is 0 Å². The lowest BCUT2D eigenvalue weighted by molar-refractivity contribution is 0.102. The normalized spacial score (nSPS) is 12.4. The Balaban J connectivity index is 1.39. The zero-order chi connectivity index (χ0) is 23.1. The lowest BCUT2D eigenvalue weighted by Crippen LogP contribution is -2.07. The number of aryl methyl sites for hydroxylation is 3. The van der Waals surface area contributed by atoms with Crippen molar-refractivity contribution in [2.75, 3.05) is 12.5 Å². The molecule has 1 aliphatic heterocycles. The van der Waals surface area contributed by atoms with Gasteiger partial charge in [-0.25, -0.2) is 0 Å². The van der Waals surface area contributed by atoms with E-state index in [1.165, 1.54) is 11.8 Å². The van der Waals surface area contributed by atoms with Crippen molar-refractivity contribution in [3.05, 3.63) is 76.9 Å². The summed E-state index contributed by atoms with van der Waals surface area (Å²) in [5, 5.41) is 9.24. The van der Waals surface area contributed by atoms with Crippen LogP contribution in [0.4, 0.5) is 0 Å². The molecule has 0 saturated heterocycles. The zero-order valence-corrected chi connectivity index (χ0v) is 19.8. The van der Waals surface area contributed by atoms with Crippen molar-refractivity contribution in [3.63, 3.8) is 0 Å². The summed E-state index contributed by atoms with van der Waals surface area (Å²) in [6, 6.07) is 15.9. The van der Waals surface area contributed by atoms with Crippen LogP contribution >= 0.6 is 11.8 Å². The largest absolute Gasteiger partial charge is 0.454 e. The molecular formula is C25H24N4O3S. The standard InChI is InChI=1S/C25H24N4O3S/c1-15-6-5-7-19(10-15)29-18(4)26-27-25(29)33-13-22(30)21-11-16(2)28(17(21)3)20-8-9-23-24(12-20)32-14-31-23/h5-12H,13-14H2,1-4H3. The molecule has 168 valence electrons. The van der Waals surface area contributed by atoms with Gasteiger partial charge in [0, 0.05) is 34.4 Å². The Labute approximate surface area is 196 Å². The third-order valence-corrected chi connectivity index (χ3v) is 6.66. The molecule has 0 radical (unpaired) electrons. The Morgan fingerprint density at radius 1 is 0.939 bits per heavy atom. The van der Waals surface area contributed by atoms with Crippen LogP contribution in [-0.2, 0) is 0 Å². The molecule has 2 aromatic heterocycles. The molecule has 33 heavy (non-hydrogen) atoms. The minimum atomic E-state index is 0.0524. The number of hydrogen-bond donors (Lipinski definition) is 0. The van der Waals surface area contributed by atoms with Gasteiger partial charge < -0.3 is 14.0 Å². The highest BCUT2D eigenvalue weighted by Crippen LogP contribution is 2.35. The van der Waals surface area contributed by atoms with E-state index in [0.29, 0.717) is 16.5 Å². The lowest BCUT2D eigenvalue weighted by Gasteiger charge is -2.11. The molecule has 3 heterocycles. The molecule has 0 unspecified atom stereocenters. The van der Waals surface area contributed by atoms with E-state index >= 15 is 0 Å². The van der Waals surface area contributed by atoms with Gasteiger partial charge >= 0.3 is 0 Å². The minimum Gasteiger partial charge on any atom is -0.454 e. The predicted molar refractivity (Wildman–Crippen MR) is 127 cm³/mol. The Morgan fingerprint density at radius 3 is 2.55 bits per heavy atom. The fourth-order valence-electron chi connectivity index (χ4n) is 4.18. The first kappa shape index (κ1) is 21.3. The van der Waals surface area contributed by atoms with E-state index in [-0.39, 0.29) is 18.3 Å². The predicted octanol–water partition coefficient (Wildman–Crippen LogP) is 5.00. The highest BCUT2D eigenvalue weighted by atomic mass is 32.2. The molecule has 0 spiro atoms. The maximum absolute atomic E-state index is 13.2. The van der Waals surface area contributed by atoms with Crippen LogP contribution in [0.15, 0.2) is 53.7 Å². The second-order valence-electron chi connectivity index (χ2n) is 8.07. The van der Waals surface area contributed by atoms with E-state index in [9.17, 15) is 4.79 Å². The second kappa shape index (κ2) is 8.44. The van der Waals surface area contributed by atoms with Crippen LogP contribution in [0.1, 0.15) is 33.1 Å². The van der Waals surface area contributed by atoms with Crippen molar-refractivity contribution in [3.8, 4) is 22.9 Å². The zero-order valence-electron chi connectivity index (χ0n) is 19.0. The number of hydrogen-bond acceptors (Lipinski definition) is 6. The number of ether oxygens (including phenoxy) is 2.